The monoisotopic (exact) mass is 499 g/mol. The minimum atomic E-state index is -3.88. The number of hydrogen-bond donors (Lipinski definition) is 0. The number of sulfonamides is 2. The van der Waals surface area contributed by atoms with Crippen molar-refractivity contribution in [3.05, 3.63) is 84.1 Å². The highest BCUT2D eigenvalue weighted by molar-refractivity contribution is 7.92. The summed E-state index contributed by atoms with van der Waals surface area (Å²) in [6.07, 6.45) is 3.14. The highest BCUT2D eigenvalue weighted by Gasteiger charge is 2.37. The Morgan fingerprint density at radius 1 is 0.882 bits per heavy atom. The van der Waals surface area contributed by atoms with Gasteiger partial charge in [-0.25, -0.2) is 26.1 Å². The van der Waals surface area contributed by atoms with Crippen LogP contribution in [0.1, 0.15) is 30.9 Å². The summed E-state index contributed by atoms with van der Waals surface area (Å²) in [5, 5.41) is 0. The van der Waals surface area contributed by atoms with Crippen LogP contribution in [-0.2, 0) is 26.5 Å². The Labute approximate surface area is 202 Å². The first-order valence-electron chi connectivity index (χ1n) is 11.3. The van der Waals surface area contributed by atoms with Gasteiger partial charge in [-0.3, -0.25) is 0 Å². The van der Waals surface area contributed by atoms with Crippen LogP contribution in [0.15, 0.2) is 82.7 Å². The second kappa shape index (κ2) is 9.85. The largest absolute Gasteiger partial charge is 0.265 e. The number of aryl methyl sites for hydroxylation is 2. The molecule has 0 N–H and O–H groups in total. The molecule has 7 nitrogen and oxygen atoms in total. The van der Waals surface area contributed by atoms with Crippen LogP contribution in [0, 0.1) is 6.92 Å². The lowest BCUT2D eigenvalue weighted by molar-refractivity contribution is 0.320. The van der Waals surface area contributed by atoms with E-state index in [1.54, 1.807) is 60.8 Å². The number of benzene rings is 2. The van der Waals surface area contributed by atoms with E-state index in [1.165, 1.54) is 8.61 Å². The van der Waals surface area contributed by atoms with Gasteiger partial charge in [-0.05, 0) is 68.1 Å². The molecule has 34 heavy (non-hydrogen) atoms. The SMILES string of the molecule is CCc1ccc(S(=O)(=O)N2CCC(N(c3ccccn3)S(=O)(=O)c3ccc(C)cc3)CC2)cc1. The first kappa shape index (κ1) is 24.4. The molecule has 0 saturated carbocycles. The molecule has 9 heteroatoms. The van der Waals surface area contributed by atoms with Crippen LogP contribution in [-0.4, -0.2) is 45.3 Å². The maximum absolute atomic E-state index is 13.7. The molecule has 4 rings (SSSR count). The van der Waals surface area contributed by atoms with E-state index in [0.29, 0.717) is 18.7 Å². The maximum Gasteiger partial charge on any atom is 0.265 e. The normalized spacial score (nSPS) is 15.8. The van der Waals surface area contributed by atoms with Crippen LogP contribution < -0.4 is 4.31 Å². The van der Waals surface area contributed by atoms with Crippen molar-refractivity contribution in [3.63, 3.8) is 0 Å². The number of aromatic nitrogens is 1. The summed E-state index contributed by atoms with van der Waals surface area (Å²) in [5.41, 5.74) is 2.04. The Bertz CT molecular complexity index is 1320. The molecule has 180 valence electrons. The summed E-state index contributed by atoms with van der Waals surface area (Å²) in [4.78, 5) is 4.76. The van der Waals surface area contributed by atoms with Crippen molar-refractivity contribution in [1.82, 2.24) is 9.29 Å². The average molecular weight is 500 g/mol. The van der Waals surface area contributed by atoms with Crippen LogP contribution in [0.5, 0.6) is 0 Å². The van der Waals surface area contributed by atoms with E-state index >= 15 is 0 Å². The van der Waals surface area contributed by atoms with Crippen LogP contribution in [0.2, 0.25) is 0 Å². The second-order valence-corrected chi connectivity index (χ2v) is 12.2. The van der Waals surface area contributed by atoms with Crippen LogP contribution in [0.4, 0.5) is 5.82 Å². The summed E-state index contributed by atoms with van der Waals surface area (Å²) < 4.78 is 56.4. The molecule has 0 bridgehead atoms. The number of nitrogens with zero attached hydrogens (tertiary/aromatic N) is 3. The van der Waals surface area contributed by atoms with E-state index in [1.807, 2.05) is 26.0 Å². The molecule has 1 aliphatic heterocycles. The minimum Gasteiger partial charge on any atom is -0.247 e. The third kappa shape index (κ3) is 4.87. The summed E-state index contributed by atoms with van der Waals surface area (Å²) in [7, 11) is -7.52. The molecular formula is C25H29N3O4S2. The predicted molar refractivity (Wildman–Crippen MR) is 133 cm³/mol. The van der Waals surface area contributed by atoms with E-state index in [4.69, 9.17) is 0 Å². The van der Waals surface area contributed by atoms with Gasteiger partial charge in [0.05, 0.1) is 9.79 Å². The Morgan fingerprint density at radius 3 is 2.06 bits per heavy atom. The zero-order chi connectivity index (χ0) is 24.3. The zero-order valence-electron chi connectivity index (χ0n) is 19.3. The number of piperidine rings is 1. The quantitative estimate of drug-likeness (QED) is 0.490. The molecule has 2 aromatic carbocycles. The average Bonchev–Trinajstić information content (AvgIpc) is 2.85. The lowest BCUT2D eigenvalue weighted by atomic mass is 10.1. The first-order valence-corrected chi connectivity index (χ1v) is 14.2. The molecule has 1 aliphatic rings. The third-order valence-corrected chi connectivity index (χ3v) is 9.96. The van der Waals surface area contributed by atoms with Crippen molar-refractivity contribution in [1.29, 1.82) is 0 Å². The molecule has 3 aromatic rings. The smallest absolute Gasteiger partial charge is 0.247 e. The van der Waals surface area contributed by atoms with Gasteiger partial charge in [-0.1, -0.05) is 42.8 Å². The molecule has 0 radical (unpaired) electrons. The molecule has 0 unspecified atom stereocenters. The molecule has 1 aromatic heterocycles. The van der Waals surface area contributed by atoms with E-state index in [-0.39, 0.29) is 22.9 Å². The summed E-state index contributed by atoms with van der Waals surface area (Å²) in [5.74, 6) is 0.333. The third-order valence-electron chi connectivity index (χ3n) is 6.18. The molecular weight excluding hydrogens is 470 g/mol. The molecule has 0 atom stereocenters. The lowest BCUT2D eigenvalue weighted by Gasteiger charge is -2.37. The summed E-state index contributed by atoms with van der Waals surface area (Å²) in [6, 6.07) is 18.4. The number of hydrogen-bond acceptors (Lipinski definition) is 5. The number of rotatable bonds is 7. The highest BCUT2D eigenvalue weighted by atomic mass is 32.2. The van der Waals surface area contributed by atoms with Crippen LogP contribution in [0.3, 0.4) is 0 Å². The Balaban J connectivity index is 1.59. The maximum atomic E-state index is 13.7. The van der Waals surface area contributed by atoms with E-state index in [9.17, 15) is 16.8 Å². The van der Waals surface area contributed by atoms with Crippen molar-refractivity contribution in [2.24, 2.45) is 0 Å². The van der Waals surface area contributed by atoms with Gasteiger partial charge in [0.15, 0.2) is 0 Å². The zero-order valence-corrected chi connectivity index (χ0v) is 21.0. The number of pyridine rings is 1. The number of anilines is 1. The van der Waals surface area contributed by atoms with E-state index in [0.717, 1.165) is 17.5 Å². The molecule has 2 heterocycles. The van der Waals surface area contributed by atoms with Gasteiger partial charge >= 0.3 is 0 Å². The second-order valence-electron chi connectivity index (χ2n) is 8.43. The van der Waals surface area contributed by atoms with E-state index < -0.39 is 26.1 Å². The van der Waals surface area contributed by atoms with Gasteiger partial charge in [0.25, 0.3) is 10.0 Å². The van der Waals surface area contributed by atoms with Gasteiger partial charge in [-0.15, -0.1) is 0 Å². The molecule has 1 fully saturated rings. The van der Waals surface area contributed by atoms with Crippen molar-refractivity contribution in [2.45, 2.75) is 48.9 Å². The minimum absolute atomic E-state index is 0.190. The molecule has 0 amide bonds. The van der Waals surface area contributed by atoms with Crippen LogP contribution >= 0.6 is 0 Å². The van der Waals surface area contributed by atoms with Crippen molar-refractivity contribution in [3.8, 4) is 0 Å². The van der Waals surface area contributed by atoms with E-state index in [2.05, 4.69) is 4.98 Å². The first-order chi connectivity index (χ1) is 16.2. The fraction of sp³-hybridized carbons (Fsp3) is 0.320. The van der Waals surface area contributed by atoms with Crippen molar-refractivity contribution in [2.75, 3.05) is 17.4 Å². The van der Waals surface area contributed by atoms with Gasteiger partial charge < -0.3 is 0 Å². The summed E-state index contributed by atoms with van der Waals surface area (Å²) >= 11 is 0. The lowest BCUT2D eigenvalue weighted by Crippen LogP contribution is -2.49. The topological polar surface area (TPSA) is 87.7 Å². The molecule has 0 aliphatic carbocycles. The van der Waals surface area contributed by atoms with Gasteiger partial charge in [-0.2, -0.15) is 4.31 Å². The van der Waals surface area contributed by atoms with Gasteiger partial charge in [0.1, 0.15) is 5.82 Å². The predicted octanol–water partition coefficient (Wildman–Crippen LogP) is 4.00. The Kier molecular flexibility index (Phi) is 7.06. The highest BCUT2D eigenvalue weighted by Crippen LogP contribution is 2.31. The summed E-state index contributed by atoms with van der Waals surface area (Å²) in [6.45, 7) is 4.38. The van der Waals surface area contributed by atoms with Gasteiger partial charge in [0.2, 0.25) is 10.0 Å². The fourth-order valence-corrected chi connectivity index (χ4v) is 7.31. The molecule has 1 saturated heterocycles. The fourth-order valence-electron chi connectivity index (χ4n) is 4.18. The van der Waals surface area contributed by atoms with Crippen molar-refractivity contribution < 1.29 is 16.8 Å². The van der Waals surface area contributed by atoms with Crippen molar-refractivity contribution >= 4 is 25.9 Å². The standard InChI is InChI=1S/C25H29N3O4S2/c1-3-21-9-13-23(14-10-21)33(29,30)27-18-15-22(16-19-27)28(25-6-4-5-17-26-25)34(31,32)24-11-7-20(2)8-12-24/h4-14,17,22H,3,15-16,18-19H2,1-2H3. The Hall–Kier alpha value is -2.75. The Morgan fingerprint density at radius 2 is 1.50 bits per heavy atom. The van der Waals surface area contributed by atoms with Crippen LogP contribution in [0.25, 0.3) is 0 Å². The molecule has 0 spiro atoms. The van der Waals surface area contributed by atoms with Gasteiger partial charge in [0, 0.05) is 25.3 Å².